The number of nitrogens with one attached hydrogen (secondary N) is 1. The number of hydrogen-bond acceptors (Lipinski definition) is 3. The number of amides is 1. The van der Waals surface area contributed by atoms with Crippen LogP contribution in [-0.2, 0) is 14.6 Å². The lowest BCUT2D eigenvalue weighted by Gasteiger charge is -2.16. The lowest BCUT2D eigenvalue weighted by Crippen LogP contribution is -2.40. The summed E-state index contributed by atoms with van der Waals surface area (Å²) < 4.78 is 22.4. The largest absolute Gasteiger partial charge is 0.355 e. The summed E-state index contributed by atoms with van der Waals surface area (Å²) in [5, 5.41) is 2.28. The molecule has 1 N–H and O–H groups in total. The number of rotatable bonds is 0. The van der Waals surface area contributed by atoms with Crippen LogP contribution in [-0.4, -0.2) is 31.9 Å². The quantitative estimate of drug-likeness (QED) is 0.509. The first-order valence-corrected chi connectivity index (χ1v) is 5.30. The second-order valence-electron chi connectivity index (χ2n) is 3.13. The van der Waals surface area contributed by atoms with E-state index < -0.39 is 9.84 Å². The zero-order valence-corrected chi connectivity index (χ0v) is 6.73. The fraction of sp³-hybridized carbons (Fsp3) is 0.833. The Kier molecular flexibility index (Phi) is 1.27. The van der Waals surface area contributed by atoms with E-state index in [4.69, 9.17) is 0 Å². The van der Waals surface area contributed by atoms with Crippen LogP contribution in [0.25, 0.3) is 0 Å². The second-order valence-corrected chi connectivity index (χ2v) is 5.46. The van der Waals surface area contributed by atoms with Crippen molar-refractivity contribution in [3.63, 3.8) is 0 Å². The van der Waals surface area contributed by atoms with Crippen LogP contribution in [0.2, 0.25) is 0 Å². The van der Waals surface area contributed by atoms with E-state index in [0.717, 1.165) is 0 Å². The van der Waals surface area contributed by atoms with E-state index in [2.05, 4.69) is 5.32 Å². The van der Waals surface area contributed by atoms with E-state index in [1.807, 2.05) is 0 Å². The first-order chi connectivity index (χ1) is 5.09. The van der Waals surface area contributed by atoms with Crippen molar-refractivity contribution in [1.29, 1.82) is 0 Å². The third-order valence-corrected chi connectivity index (χ3v) is 4.61. The number of carbonyl (C=O) groups is 1. The van der Waals surface area contributed by atoms with E-state index in [1.165, 1.54) is 0 Å². The van der Waals surface area contributed by atoms with E-state index in [9.17, 15) is 13.2 Å². The molecule has 62 valence electrons. The van der Waals surface area contributed by atoms with Crippen LogP contribution in [0.4, 0.5) is 0 Å². The molecular weight excluding hydrogens is 166 g/mol. The predicted molar refractivity (Wildman–Crippen MR) is 38.7 cm³/mol. The van der Waals surface area contributed by atoms with Crippen molar-refractivity contribution in [3.8, 4) is 0 Å². The predicted octanol–water partition coefficient (Wildman–Crippen LogP) is -1.08. The summed E-state index contributed by atoms with van der Waals surface area (Å²) in [5.74, 6) is -0.301. The van der Waals surface area contributed by atoms with Gasteiger partial charge >= 0.3 is 0 Å². The fourth-order valence-corrected chi connectivity index (χ4v) is 3.68. The van der Waals surface area contributed by atoms with Crippen LogP contribution in [0.15, 0.2) is 0 Å². The zero-order chi connectivity index (χ0) is 8.06. The highest BCUT2D eigenvalue weighted by Crippen LogP contribution is 2.28. The Morgan fingerprint density at radius 3 is 2.82 bits per heavy atom. The average molecular weight is 175 g/mol. The molecule has 2 fully saturated rings. The molecule has 0 aromatic heterocycles. The molecule has 1 amide bonds. The highest BCUT2D eigenvalue weighted by molar-refractivity contribution is 7.92. The van der Waals surface area contributed by atoms with E-state index in [0.29, 0.717) is 13.0 Å². The minimum Gasteiger partial charge on any atom is -0.355 e. The smallest absolute Gasteiger partial charge is 0.224 e. The summed E-state index contributed by atoms with van der Waals surface area (Å²) in [6.07, 6.45) is 0.536. The van der Waals surface area contributed by atoms with Gasteiger partial charge in [-0.25, -0.2) is 8.42 Å². The molecule has 2 rings (SSSR count). The van der Waals surface area contributed by atoms with Crippen LogP contribution in [0.1, 0.15) is 6.42 Å². The molecule has 0 aliphatic carbocycles. The molecular formula is C6H9NO3S. The van der Waals surface area contributed by atoms with Gasteiger partial charge in [-0.05, 0) is 6.42 Å². The average Bonchev–Trinajstić information content (AvgIpc) is 2.16. The summed E-state index contributed by atoms with van der Waals surface area (Å²) >= 11 is 0. The van der Waals surface area contributed by atoms with Crippen molar-refractivity contribution in [2.24, 2.45) is 5.92 Å². The Morgan fingerprint density at radius 1 is 1.45 bits per heavy atom. The Morgan fingerprint density at radius 2 is 2.18 bits per heavy atom. The molecule has 0 saturated carbocycles. The minimum atomic E-state index is -2.94. The topological polar surface area (TPSA) is 63.2 Å². The number of piperidine rings is 1. The van der Waals surface area contributed by atoms with Crippen LogP contribution in [0.5, 0.6) is 0 Å². The molecule has 2 aliphatic rings. The molecule has 0 spiro atoms. The third kappa shape index (κ3) is 0.946. The number of sulfone groups is 1. The minimum absolute atomic E-state index is 0.0590. The molecule has 2 heterocycles. The van der Waals surface area contributed by atoms with Gasteiger partial charge in [0.15, 0.2) is 9.84 Å². The van der Waals surface area contributed by atoms with Crippen molar-refractivity contribution in [3.05, 3.63) is 0 Å². The number of hydrogen-bond donors (Lipinski definition) is 1. The zero-order valence-electron chi connectivity index (χ0n) is 5.91. The summed E-state index contributed by atoms with van der Waals surface area (Å²) in [6.45, 7) is 0.317. The van der Waals surface area contributed by atoms with Crippen molar-refractivity contribution in [2.75, 3.05) is 12.3 Å². The highest BCUT2D eigenvalue weighted by Gasteiger charge is 2.45. The Balaban J connectivity index is 2.36. The molecule has 2 atom stereocenters. The maximum Gasteiger partial charge on any atom is 0.224 e. The SMILES string of the molecule is O=C1NCC2CC1CS2(=O)=O. The summed E-state index contributed by atoms with van der Waals surface area (Å²) in [6, 6.07) is 0. The van der Waals surface area contributed by atoms with Gasteiger partial charge in [0.1, 0.15) is 0 Å². The van der Waals surface area contributed by atoms with E-state index >= 15 is 0 Å². The fourth-order valence-electron chi connectivity index (χ4n) is 1.70. The molecule has 5 heteroatoms. The molecule has 0 aromatic carbocycles. The molecule has 2 bridgehead atoms. The molecule has 4 nitrogen and oxygen atoms in total. The maximum atomic E-state index is 11.2. The summed E-state index contributed by atoms with van der Waals surface area (Å²) in [5.41, 5.74) is 0. The lowest BCUT2D eigenvalue weighted by atomic mass is 10.0. The molecule has 2 saturated heterocycles. The third-order valence-electron chi connectivity index (χ3n) is 2.36. The Bertz CT molecular complexity index is 295. The van der Waals surface area contributed by atoms with Crippen molar-refractivity contribution in [2.45, 2.75) is 11.7 Å². The molecule has 0 aromatic rings. The van der Waals surface area contributed by atoms with Gasteiger partial charge in [-0.15, -0.1) is 0 Å². The number of fused-ring (bicyclic) bond motifs is 2. The van der Waals surface area contributed by atoms with E-state index in [-0.39, 0.29) is 22.8 Å². The summed E-state index contributed by atoms with van der Waals surface area (Å²) in [4.78, 5) is 11.0. The van der Waals surface area contributed by atoms with Gasteiger partial charge in [-0.3, -0.25) is 4.79 Å². The number of carbonyl (C=O) groups excluding carboxylic acids is 1. The molecule has 11 heavy (non-hydrogen) atoms. The van der Waals surface area contributed by atoms with Crippen LogP contribution in [0.3, 0.4) is 0 Å². The maximum absolute atomic E-state index is 11.2. The van der Waals surface area contributed by atoms with Crippen LogP contribution in [0, 0.1) is 5.92 Å². The second kappa shape index (κ2) is 1.97. The standard InChI is InChI=1S/C6H9NO3S/c8-6-4-1-5(2-7-6)11(9,10)3-4/h4-5H,1-3H2,(H,7,8). The first kappa shape index (κ1) is 7.09. The highest BCUT2D eigenvalue weighted by atomic mass is 32.2. The van der Waals surface area contributed by atoms with Crippen LogP contribution >= 0.6 is 0 Å². The lowest BCUT2D eigenvalue weighted by molar-refractivity contribution is -0.125. The van der Waals surface area contributed by atoms with Gasteiger partial charge in [0, 0.05) is 6.54 Å². The van der Waals surface area contributed by atoms with Crippen molar-refractivity contribution < 1.29 is 13.2 Å². The molecule has 0 radical (unpaired) electrons. The van der Waals surface area contributed by atoms with Crippen molar-refractivity contribution in [1.82, 2.24) is 5.32 Å². The van der Waals surface area contributed by atoms with Crippen molar-refractivity contribution >= 4 is 15.7 Å². The summed E-state index contributed by atoms with van der Waals surface area (Å²) in [7, 11) is -2.94. The van der Waals surface area contributed by atoms with Gasteiger partial charge in [-0.1, -0.05) is 0 Å². The van der Waals surface area contributed by atoms with Gasteiger partial charge in [0.2, 0.25) is 5.91 Å². The normalized spacial score (nSPS) is 40.2. The first-order valence-electron chi connectivity index (χ1n) is 3.59. The van der Waals surface area contributed by atoms with Gasteiger partial charge in [0.05, 0.1) is 16.9 Å². The molecule has 2 aliphatic heterocycles. The van der Waals surface area contributed by atoms with E-state index in [1.54, 1.807) is 0 Å². The van der Waals surface area contributed by atoms with Gasteiger partial charge in [0.25, 0.3) is 0 Å². The molecule has 2 unspecified atom stereocenters. The monoisotopic (exact) mass is 175 g/mol. The van der Waals surface area contributed by atoms with Gasteiger partial charge < -0.3 is 5.32 Å². The Hall–Kier alpha value is -0.580. The van der Waals surface area contributed by atoms with Gasteiger partial charge in [-0.2, -0.15) is 0 Å². The van der Waals surface area contributed by atoms with Crippen LogP contribution < -0.4 is 5.32 Å². The Labute approximate surface area is 64.9 Å².